The van der Waals surface area contributed by atoms with Crippen LogP contribution in [0.25, 0.3) is 0 Å². The molecule has 2 nitrogen and oxygen atoms in total. The van der Waals surface area contributed by atoms with Crippen LogP contribution in [0.3, 0.4) is 0 Å². The topological polar surface area (TPSA) is 25.2 Å². The van der Waals surface area contributed by atoms with Gasteiger partial charge >= 0.3 is 0 Å². The van der Waals surface area contributed by atoms with Crippen LogP contribution in [0.5, 0.6) is 0 Å². The zero-order valence-corrected chi connectivity index (χ0v) is 11.4. The standard InChI is InChI=1S/C15H25NO/c1-5-6-7-8-9-10-16-13(3)15-11-12(2)17-14(15)4/h5,11,13,16H,1,6-10H2,2-4H3. The van der Waals surface area contributed by atoms with Crippen LogP contribution in [0, 0.1) is 13.8 Å². The van der Waals surface area contributed by atoms with E-state index in [1.165, 1.54) is 24.8 Å². The van der Waals surface area contributed by atoms with Crippen LogP contribution in [-0.4, -0.2) is 6.54 Å². The summed E-state index contributed by atoms with van der Waals surface area (Å²) in [5.74, 6) is 2.03. The molecule has 1 N–H and O–H groups in total. The van der Waals surface area contributed by atoms with Crippen molar-refractivity contribution in [1.82, 2.24) is 5.32 Å². The maximum Gasteiger partial charge on any atom is 0.105 e. The van der Waals surface area contributed by atoms with E-state index in [9.17, 15) is 0 Å². The largest absolute Gasteiger partial charge is 0.466 e. The Morgan fingerprint density at radius 2 is 2.12 bits per heavy atom. The highest BCUT2D eigenvalue weighted by molar-refractivity contribution is 5.23. The van der Waals surface area contributed by atoms with E-state index in [-0.39, 0.29) is 0 Å². The third kappa shape index (κ3) is 4.78. The second-order valence-electron chi connectivity index (χ2n) is 4.68. The average molecular weight is 235 g/mol. The molecule has 0 saturated heterocycles. The minimum absolute atomic E-state index is 0.381. The van der Waals surface area contributed by atoms with Crippen molar-refractivity contribution >= 4 is 0 Å². The lowest BCUT2D eigenvalue weighted by Crippen LogP contribution is -2.19. The van der Waals surface area contributed by atoms with E-state index in [2.05, 4.69) is 24.9 Å². The molecule has 0 aliphatic rings. The highest BCUT2D eigenvalue weighted by atomic mass is 16.3. The molecule has 1 aromatic heterocycles. The van der Waals surface area contributed by atoms with Gasteiger partial charge in [-0.2, -0.15) is 0 Å². The molecule has 1 aromatic rings. The Labute approximate surface area is 105 Å². The molecule has 17 heavy (non-hydrogen) atoms. The van der Waals surface area contributed by atoms with Gasteiger partial charge in [-0.1, -0.05) is 12.5 Å². The first-order valence-electron chi connectivity index (χ1n) is 6.56. The Kier molecular flexibility index (Phi) is 6.06. The van der Waals surface area contributed by atoms with Gasteiger partial charge in [0.1, 0.15) is 11.5 Å². The number of allylic oxidation sites excluding steroid dienone is 1. The molecule has 0 bridgehead atoms. The molecule has 0 aliphatic heterocycles. The highest BCUT2D eigenvalue weighted by Gasteiger charge is 2.11. The van der Waals surface area contributed by atoms with Crippen LogP contribution in [0.1, 0.15) is 55.7 Å². The van der Waals surface area contributed by atoms with Crippen molar-refractivity contribution in [2.75, 3.05) is 6.54 Å². The number of hydrogen-bond donors (Lipinski definition) is 1. The lowest BCUT2D eigenvalue weighted by Gasteiger charge is -2.12. The first kappa shape index (κ1) is 14.0. The fourth-order valence-corrected chi connectivity index (χ4v) is 2.10. The Hall–Kier alpha value is -1.02. The normalized spacial score (nSPS) is 12.6. The van der Waals surface area contributed by atoms with Gasteiger partial charge in [0, 0.05) is 11.6 Å². The maximum atomic E-state index is 5.54. The Morgan fingerprint density at radius 1 is 1.35 bits per heavy atom. The van der Waals surface area contributed by atoms with Crippen molar-refractivity contribution in [3.8, 4) is 0 Å². The van der Waals surface area contributed by atoms with Crippen LogP contribution in [0.15, 0.2) is 23.1 Å². The Bertz CT molecular complexity index is 341. The maximum absolute atomic E-state index is 5.54. The zero-order valence-electron chi connectivity index (χ0n) is 11.4. The molecule has 0 spiro atoms. The Balaban J connectivity index is 2.23. The van der Waals surface area contributed by atoms with Gasteiger partial charge in [0.15, 0.2) is 0 Å². The molecule has 2 heteroatoms. The Morgan fingerprint density at radius 3 is 2.71 bits per heavy atom. The molecule has 0 radical (unpaired) electrons. The van der Waals surface area contributed by atoms with Crippen molar-refractivity contribution in [3.05, 3.63) is 35.8 Å². The predicted octanol–water partition coefficient (Wildman–Crippen LogP) is 4.29. The molecular weight excluding hydrogens is 210 g/mol. The third-order valence-corrected chi connectivity index (χ3v) is 3.08. The first-order chi connectivity index (χ1) is 8.15. The highest BCUT2D eigenvalue weighted by Crippen LogP contribution is 2.21. The summed E-state index contributed by atoms with van der Waals surface area (Å²) in [7, 11) is 0. The molecule has 0 amide bonds. The number of furan rings is 1. The quantitative estimate of drug-likeness (QED) is 0.537. The summed E-state index contributed by atoms with van der Waals surface area (Å²) in [5.41, 5.74) is 1.29. The van der Waals surface area contributed by atoms with Gasteiger partial charge in [-0.25, -0.2) is 0 Å². The van der Waals surface area contributed by atoms with Crippen molar-refractivity contribution in [2.45, 2.75) is 52.5 Å². The smallest absolute Gasteiger partial charge is 0.105 e. The van der Waals surface area contributed by atoms with Crippen LogP contribution in [0.2, 0.25) is 0 Å². The number of hydrogen-bond acceptors (Lipinski definition) is 2. The van der Waals surface area contributed by atoms with Crippen molar-refractivity contribution in [1.29, 1.82) is 0 Å². The third-order valence-electron chi connectivity index (χ3n) is 3.08. The summed E-state index contributed by atoms with van der Waals surface area (Å²) in [6.07, 6.45) is 6.88. The summed E-state index contributed by atoms with van der Waals surface area (Å²) < 4.78 is 5.54. The fraction of sp³-hybridized carbons (Fsp3) is 0.600. The van der Waals surface area contributed by atoms with E-state index >= 15 is 0 Å². The number of rotatable bonds is 8. The molecular formula is C15H25NO. The SMILES string of the molecule is C=CCCCCCNC(C)c1cc(C)oc1C. The number of nitrogens with one attached hydrogen (secondary N) is 1. The molecule has 1 rings (SSSR count). The van der Waals surface area contributed by atoms with E-state index in [1.807, 2.05) is 19.9 Å². The van der Waals surface area contributed by atoms with E-state index in [0.717, 1.165) is 24.5 Å². The van der Waals surface area contributed by atoms with Crippen LogP contribution < -0.4 is 5.32 Å². The van der Waals surface area contributed by atoms with E-state index < -0.39 is 0 Å². The summed E-state index contributed by atoms with van der Waals surface area (Å²) in [4.78, 5) is 0. The first-order valence-corrected chi connectivity index (χ1v) is 6.56. The summed E-state index contributed by atoms with van der Waals surface area (Å²) >= 11 is 0. The zero-order chi connectivity index (χ0) is 12.7. The van der Waals surface area contributed by atoms with E-state index in [4.69, 9.17) is 4.42 Å². The van der Waals surface area contributed by atoms with Gasteiger partial charge in [-0.15, -0.1) is 6.58 Å². The predicted molar refractivity (Wildman–Crippen MR) is 73.3 cm³/mol. The lowest BCUT2D eigenvalue weighted by molar-refractivity contribution is 0.486. The number of aryl methyl sites for hydroxylation is 2. The summed E-state index contributed by atoms with van der Waals surface area (Å²) in [5, 5.41) is 3.54. The van der Waals surface area contributed by atoms with Gasteiger partial charge < -0.3 is 9.73 Å². The second-order valence-corrected chi connectivity index (χ2v) is 4.68. The molecule has 1 heterocycles. The van der Waals surface area contributed by atoms with Crippen LogP contribution in [-0.2, 0) is 0 Å². The van der Waals surface area contributed by atoms with E-state index in [0.29, 0.717) is 6.04 Å². The second kappa shape index (κ2) is 7.33. The molecule has 0 saturated carbocycles. The van der Waals surface area contributed by atoms with Gasteiger partial charge in [-0.3, -0.25) is 0 Å². The monoisotopic (exact) mass is 235 g/mol. The van der Waals surface area contributed by atoms with Crippen molar-refractivity contribution < 1.29 is 4.42 Å². The fourth-order valence-electron chi connectivity index (χ4n) is 2.10. The van der Waals surface area contributed by atoms with Gasteiger partial charge in [0.05, 0.1) is 0 Å². The molecule has 0 aromatic carbocycles. The molecule has 96 valence electrons. The van der Waals surface area contributed by atoms with Crippen molar-refractivity contribution in [3.63, 3.8) is 0 Å². The minimum Gasteiger partial charge on any atom is -0.466 e. The molecule has 0 aliphatic carbocycles. The molecule has 0 fully saturated rings. The van der Waals surface area contributed by atoms with Crippen molar-refractivity contribution in [2.24, 2.45) is 0 Å². The van der Waals surface area contributed by atoms with Gasteiger partial charge in [0.25, 0.3) is 0 Å². The minimum atomic E-state index is 0.381. The average Bonchev–Trinajstić information content (AvgIpc) is 2.62. The number of unbranched alkanes of at least 4 members (excludes halogenated alkanes) is 3. The van der Waals surface area contributed by atoms with Crippen LogP contribution in [0.4, 0.5) is 0 Å². The summed E-state index contributed by atoms with van der Waals surface area (Å²) in [6, 6.07) is 2.51. The summed E-state index contributed by atoms with van der Waals surface area (Å²) in [6.45, 7) is 11.0. The van der Waals surface area contributed by atoms with Crippen LogP contribution >= 0.6 is 0 Å². The molecule has 1 atom stereocenters. The van der Waals surface area contributed by atoms with E-state index in [1.54, 1.807) is 0 Å². The van der Waals surface area contributed by atoms with Gasteiger partial charge in [-0.05, 0) is 52.6 Å². The van der Waals surface area contributed by atoms with Gasteiger partial charge in [0.2, 0.25) is 0 Å². The lowest BCUT2D eigenvalue weighted by atomic mass is 10.1. The molecule has 1 unspecified atom stereocenters.